The number of aromatic nitrogens is 3. The third-order valence-electron chi connectivity index (χ3n) is 4.77. The van der Waals surface area contributed by atoms with E-state index >= 15 is 0 Å². The number of fused-ring (bicyclic) bond motifs is 3. The molecule has 4 rings (SSSR count). The molecule has 2 aliphatic rings. The normalized spacial score (nSPS) is 29.1. The first-order chi connectivity index (χ1) is 9.90. The van der Waals surface area contributed by atoms with E-state index in [1.165, 1.54) is 32.5 Å². The molecule has 3 unspecified atom stereocenters. The molecular formula is C15H21N5. The molecule has 3 atom stereocenters. The lowest BCUT2D eigenvalue weighted by Gasteiger charge is -2.31. The van der Waals surface area contributed by atoms with Crippen LogP contribution in [0.4, 0.5) is 0 Å². The molecule has 2 bridgehead atoms. The third-order valence-corrected chi connectivity index (χ3v) is 4.77. The van der Waals surface area contributed by atoms with Gasteiger partial charge in [0, 0.05) is 31.7 Å². The first-order valence-electron chi connectivity index (χ1n) is 7.64. The summed E-state index contributed by atoms with van der Waals surface area (Å²) >= 11 is 0. The molecule has 2 fully saturated rings. The summed E-state index contributed by atoms with van der Waals surface area (Å²) in [6, 6.07) is 6.73. The standard InChI is InChI=1S/C15H21N5/c1-2-8-20-14(3-1)17-18-15(20)4-7-16-13-6-10-19-9-5-12(13)11-19/h1-3,8,12-13,16H,4-7,9-11H2. The smallest absolute Gasteiger partial charge is 0.160 e. The van der Waals surface area contributed by atoms with Crippen molar-refractivity contribution in [3.63, 3.8) is 0 Å². The summed E-state index contributed by atoms with van der Waals surface area (Å²) in [6.45, 7) is 4.86. The van der Waals surface area contributed by atoms with Crippen molar-refractivity contribution in [3.05, 3.63) is 30.2 Å². The van der Waals surface area contributed by atoms with E-state index in [1.807, 2.05) is 24.4 Å². The Balaban J connectivity index is 1.36. The maximum absolute atomic E-state index is 4.29. The van der Waals surface area contributed by atoms with Crippen molar-refractivity contribution >= 4 is 5.65 Å². The Labute approximate surface area is 119 Å². The Hall–Kier alpha value is -1.46. The molecular weight excluding hydrogens is 250 g/mol. The number of piperidine rings is 1. The van der Waals surface area contributed by atoms with E-state index in [4.69, 9.17) is 0 Å². The first-order valence-corrected chi connectivity index (χ1v) is 7.64. The van der Waals surface area contributed by atoms with Crippen LogP contribution in [0.1, 0.15) is 18.7 Å². The average molecular weight is 271 g/mol. The predicted octanol–water partition coefficient (Wildman–Crippen LogP) is 0.956. The molecule has 2 saturated heterocycles. The lowest BCUT2D eigenvalue weighted by atomic mass is 9.94. The van der Waals surface area contributed by atoms with Gasteiger partial charge in [0.05, 0.1) is 0 Å². The highest BCUT2D eigenvalue weighted by molar-refractivity contribution is 5.36. The summed E-state index contributed by atoms with van der Waals surface area (Å²) < 4.78 is 2.08. The molecule has 2 aromatic rings. The van der Waals surface area contributed by atoms with Crippen molar-refractivity contribution in [1.29, 1.82) is 0 Å². The second-order valence-electron chi connectivity index (χ2n) is 5.99. The van der Waals surface area contributed by atoms with E-state index in [2.05, 4.69) is 24.8 Å². The van der Waals surface area contributed by atoms with Gasteiger partial charge in [-0.05, 0) is 44.0 Å². The van der Waals surface area contributed by atoms with Gasteiger partial charge in [-0.25, -0.2) is 0 Å². The molecule has 0 saturated carbocycles. The van der Waals surface area contributed by atoms with Crippen LogP contribution in [-0.2, 0) is 6.42 Å². The summed E-state index contributed by atoms with van der Waals surface area (Å²) in [7, 11) is 0. The van der Waals surface area contributed by atoms with Gasteiger partial charge >= 0.3 is 0 Å². The topological polar surface area (TPSA) is 45.5 Å². The molecule has 106 valence electrons. The summed E-state index contributed by atoms with van der Waals surface area (Å²) in [5.41, 5.74) is 0.937. The van der Waals surface area contributed by atoms with Crippen molar-refractivity contribution in [2.45, 2.75) is 25.3 Å². The summed E-state index contributed by atoms with van der Waals surface area (Å²) in [4.78, 5) is 2.59. The predicted molar refractivity (Wildman–Crippen MR) is 77.6 cm³/mol. The van der Waals surface area contributed by atoms with Crippen LogP contribution >= 0.6 is 0 Å². The number of nitrogens with one attached hydrogen (secondary N) is 1. The molecule has 0 aliphatic carbocycles. The first kappa shape index (κ1) is 12.3. The van der Waals surface area contributed by atoms with E-state index in [-0.39, 0.29) is 0 Å². The highest BCUT2D eigenvalue weighted by Crippen LogP contribution is 2.26. The zero-order valence-electron chi connectivity index (χ0n) is 11.7. The van der Waals surface area contributed by atoms with Gasteiger partial charge < -0.3 is 10.2 Å². The quantitative estimate of drug-likeness (QED) is 0.899. The van der Waals surface area contributed by atoms with Crippen molar-refractivity contribution in [1.82, 2.24) is 24.8 Å². The third kappa shape index (κ3) is 2.21. The summed E-state index contributed by atoms with van der Waals surface area (Å²) in [5.74, 6) is 1.91. The minimum atomic E-state index is 0.702. The van der Waals surface area contributed by atoms with Crippen LogP contribution in [0.3, 0.4) is 0 Å². The molecule has 20 heavy (non-hydrogen) atoms. The van der Waals surface area contributed by atoms with Gasteiger partial charge in [0.2, 0.25) is 0 Å². The second kappa shape index (κ2) is 5.14. The molecule has 1 N–H and O–H groups in total. The van der Waals surface area contributed by atoms with Crippen molar-refractivity contribution < 1.29 is 0 Å². The van der Waals surface area contributed by atoms with Crippen LogP contribution in [-0.4, -0.2) is 51.7 Å². The number of pyridine rings is 1. The largest absolute Gasteiger partial charge is 0.313 e. The zero-order valence-corrected chi connectivity index (χ0v) is 11.7. The van der Waals surface area contributed by atoms with E-state index in [0.717, 1.165) is 30.4 Å². The molecule has 0 aromatic carbocycles. The fraction of sp³-hybridized carbons (Fsp3) is 0.600. The number of hydrogen-bond donors (Lipinski definition) is 1. The van der Waals surface area contributed by atoms with Crippen molar-refractivity contribution in [2.75, 3.05) is 26.2 Å². The highest BCUT2D eigenvalue weighted by atomic mass is 15.2. The van der Waals surface area contributed by atoms with E-state index in [1.54, 1.807) is 0 Å². The Morgan fingerprint density at radius 2 is 2.15 bits per heavy atom. The van der Waals surface area contributed by atoms with Crippen molar-refractivity contribution in [2.24, 2.45) is 5.92 Å². The van der Waals surface area contributed by atoms with E-state index < -0.39 is 0 Å². The second-order valence-corrected chi connectivity index (χ2v) is 5.99. The molecule has 0 amide bonds. The fourth-order valence-corrected chi connectivity index (χ4v) is 3.65. The average Bonchev–Trinajstić information content (AvgIpc) is 3.06. The fourth-order valence-electron chi connectivity index (χ4n) is 3.65. The minimum absolute atomic E-state index is 0.702. The maximum Gasteiger partial charge on any atom is 0.160 e. The monoisotopic (exact) mass is 271 g/mol. The Kier molecular flexibility index (Phi) is 3.16. The molecule has 4 heterocycles. The SMILES string of the molecule is c1ccn2c(CCNC3CCN4CCC3C4)nnc2c1. The van der Waals surface area contributed by atoms with Crippen LogP contribution in [0.5, 0.6) is 0 Å². The Bertz CT molecular complexity index is 593. The van der Waals surface area contributed by atoms with Gasteiger partial charge in [0.1, 0.15) is 5.82 Å². The lowest BCUT2D eigenvalue weighted by Crippen LogP contribution is -2.44. The van der Waals surface area contributed by atoms with Gasteiger partial charge in [-0.2, -0.15) is 0 Å². The van der Waals surface area contributed by atoms with E-state index in [0.29, 0.717) is 6.04 Å². The molecule has 2 aromatic heterocycles. The maximum atomic E-state index is 4.29. The highest BCUT2D eigenvalue weighted by Gasteiger charge is 2.33. The zero-order chi connectivity index (χ0) is 13.4. The van der Waals surface area contributed by atoms with Gasteiger partial charge in [-0.15, -0.1) is 10.2 Å². The van der Waals surface area contributed by atoms with Gasteiger partial charge in [-0.3, -0.25) is 4.40 Å². The molecule has 5 heteroatoms. The molecule has 0 radical (unpaired) electrons. The molecule has 2 aliphatic heterocycles. The van der Waals surface area contributed by atoms with Gasteiger partial charge in [-0.1, -0.05) is 6.07 Å². The number of nitrogens with zero attached hydrogens (tertiary/aromatic N) is 4. The minimum Gasteiger partial charge on any atom is -0.313 e. The number of hydrogen-bond acceptors (Lipinski definition) is 4. The van der Waals surface area contributed by atoms with Crippen LogP contribution in [0.2, 0.25) is 0 Å². The van der Waals surface area contributed by atoms with Crippen LogP contribution < -0.4 is 5.32 Å². The van der Waals surface area contributed by atoms with Gasteiger partial charge in [0.15, 0.2) is 5.65 Å². The Morgan fingerprint density at radius 1 is 1.20 bits per heavy atom. The van der Waals surface area contributed by atoms with Crippen LogP contribution in [0, 0.1) is 5.92 Å². The van der Waals surface area contributed by atoms with Crippen molar-refractivity contribution in [3.8, 4) is 0 Å². The van der Waals surface area contributed by atoms with E-state index in [9.17, 15) is 0 Å². The summed E-state index contributed by atoms with van der Waals surface area (Å²) in [5, 5.41) is 12.2. The van der Waals surface area contributed by atoms with Crippen LogP contribution in [0.15, 0.2) is 24.4 Å². The van der Waals surface area contributed by atoms with Gasteiger partial charge in [0.25, 0.3) is 0 Å². The van der Waals surface area contributed by atoms with Crippen LogP contribution in [0.25, 0.3) is 5.65 Å². The Morgan fingerprint density at radius 3 is 3.15 bits per heavy atom. The number of rotatable bonds is 4. The molecule has 5 nitrogen and oxygen atoms in total. The molecule has 0 spiro atoms. The summed E-state index contributed by atoms with van der Waals surface area (Å²) in [6.07, 6.45) is 5.65. The lowest BCUT2D eigenvalue weighted by molar-refractivity contribution is 0.222.